The molecular formula is C19H24N6O2. The molecular weight excluding hydrogens is 344 g/mol. The minimum absolute atomic E-state index is 0.133. The molecule has 2 aliphatic heterocycles. The molecule has 1 N–H and O–H groups in total. The van der Waals surface area contributed by atoms with Gasteiger partial charge in [0.25, 0.3) is 5.91 Å². The first-order valence-electron chi connectivity index (χ1n) is 9.45. The molecule has 2 aromatic rings. The Morgan fingerprint density at radius 2 is 1.56 bits per heavy atom. The Labute approximate surface area is 158 Å². The van der Waals surface area contributed by atoms with Crippen molar-refractivity contribution in [3.8, 4) is 0 Å². The van der Waals surface area contributed by atoms with Crippen molar-refractivity contribution in [2.45, 2.75) is 19.4 Å². The molecule has 2 saturated heterocycles. The molecule has 1 aromatic heterocycles. The number of anilines is 2. The van der Waals surface area contributed by atoms with E-state index in [1.165, 1.54) is 0 Å². The van der Waals surface area contributed by atoms with Crippen LogP contribution in [0.25, 0.3) is 0 Å². The summed E-state index contributed by atoms with van der Waals surface area (Å²) in [5.74, 6) is 1.82. The van der Waals surface area contributed by atoms with Crippen LogP contribution in [0.3, 0.4) is 0 Å². The summed E-state index contributed by atoms with van der Waals surface area (Å²) in [6, 6.07) is 9.16. The molecule has 27 heavy (non-hydrogen) atoms. The third-order valence-electron chi connectivity index (χ3n) is 4.78. The number of nitrogens with one attached hydrogen (secondary N) is 1. The molecule has 1 aromatic carbocycles. The molecule has 0 bridgehead atoms. The summed E-state index contributed by atoms with van der Waals surface area (Å²) in [6.45, 7) is 5.06. The number of carbonyl (C=O) groups is 1. The molecule has 142 valence electrons. The SMILES string of the molecule is O=C(NCc1nc(N2CCCC2)nc(N2CCOCC2)n1)c1ccccc1. The predicted octanol–water partition coefficient (Wildman–Crippen LogP) is 1.24. The third-order valence-corrected chi connectivity index (χ3v) is 4.78. The molecule has 2 fully saturated rings. The fourth-order valence-electron chi connectivity index (χ4n) is 3.29. The largest absolute Gasteiger partial charge is 0.378 e. The second kappa shape index (κ2) is 8.30. The molecule has 8 nitrogen and oxygen atoms in total. The highest BCUT2D eigenvalue weighted by Gasteiger charge is 2.21. The maximum Gasteiger partial charge on any atom is 0.251 e. The maximum atomic E-state index is 12.3. The van der Waals surface area contributed by atoms with E-state index in [-0.39, 0.29) is 12.5 Å². The zero-order valence-electron chi connectivity index (χ0n) is 15.3. The standard InChI is InChI=1S/C19H24N6O2/c26-17(15-6-2-1-3-7-15)20-14-16-21-18(24-8-4-5-9-24)23-19(22-16)25-10-12-27-13-11-25/h1-3,6-7H,4-5,8-14H2,(H,20,26). The second-order valence-electron chi connectivity index (χ2n) is 6.69. The number of aromatic nitrogens is 3. The molecule has 1 amide bonds. The maximum absolute atomic E-state index is 12.3. The molecule has 3 heterocycles. The average molecular weight is 368 g/mol. The Balaban J connectivity index is 1.53. The zero-order valence-corrected chi connectivity index (χ0v) is 15.3. The van der Waals surface area contributed by atoms with E-state index >= 15 is 0 Å². The third kappa shape index (κ3) is 4.33. The molecule has 4 rings (SSSR count). The topological polar surface area (TPSA) is 83.5 Å². The molecule has 0 aliphatic carbocycles. The number of benzene rings is 1. The van der Waals surface area contributed by atoms with Gasteiger partial charge in [0.1, 0.15) is 0 Å². The van der Waals surface area contributed by atoms with Crippen molar-refractivity contribution in [1.82, 2.24) is 20.3 Å². The molecule has 0 saturated carbocycles. The molecule has 0 atom stereocenters. The first-order valence-corrected chi connectivity index (χ1v) is 9.45. The predicted molar refractivity (Wildman–Crippen MR) is 102 cm³/mol. The highest BCUT2D eigenvalue weighted by atomic mass is 16.5. The van der Waals surface area contributed by atoms with Gasteiger partial charge in [-0.3, -0.25) is 4.79 Å². The van der Waals surface area contributed by atoms with E-state index in [0.29, 0.717) is 36.5 Å². The van der Waals surface area contributed by atoms with Gasteiger partial charge >= 0.3 is 0 Å². The summed E-state index contributed by atoms with van der Waals surface area (Å²) >= 11 is 0. The lowest BCUT2D eigenvalue weighted by atomic mass is 10.2. The lowest BCUT2D eigenvalue weighted by Crippen LogP contribution is -2.38. The number of morpholine rings is 1. The van der Waals surface area contributed by atoms with Gasteiger partial charge in [0.15, 0.2) is 5.82 Å². The van der Waals surface area contributed by atoms with Crippen molar-refractivity contribution in [1.29, 1.82) is 0 Å². The molecule has 2 aliphatic rings. The van der Waals surface area contributed by atoms with Crippen LogP contribution in [0.15, 0.2) is 30.3 Å². The Morgan fingerprint density at radius 3 is 2.22 bits per heavy atom. The van der Waals surface area contributed by atoms with Crippen LogP contribution in [0.5, 0.6) is 0 Å². The van der Waals surface area contributed by atoms with Gasteiger partial charge in [-0.25, -0.2) is 0 Å². The van der Waals surface area contributed by atoms with Gasteiger partial charge in [0.05, 0.1) is 19.8 Å². The molecule has 8 heteroatoms. The van der Waals surface area contributed by atoms with E-state index in [4.69, 9.17) is 4.74 Å². The summed E-state index contributed by atoms with van der Waals surface area (Å²) in [5.41, 5.74) is 0.625. The van der Waals surface area contributed by atoms with Gasteiger partial charge in [-0.2, -0.15) is 15.0 Å². The average Bonchev–Trinajstić information content (AvgIpc) is 3.28. The van der Waals surface area contributed by atoms with Crippen LogP contribution in [0.4, 0.5) is 11.9 Å². The lowest BCUT2D eigenvalue weighted by Gasteiger charge is -2.28. The minimum Gasteiger partial charge on any atom is -0.378 e. The van der Waals surface area contributed by atoms with Gasteiger partial charge < -0.3 is 19.9 Å². The summed E-state index contributed by atoms with van der Waals surface area (Å²) in [7, 11) is 0. The number of nitrogens with zero attached hydrogens (tertiary/aromatic N) is 5. The van der Waals surface area contributed by atoms with Crippen molar-refractivity contribution >= 4 is 17.8 Å². The number of carbonyl (C=O) groups excluding carboxylic acids is 1. The van der Waals surface area contributed by atoms with Crippen LogP contribution >= 0.6 is 0 Å². The van der Waals surface area contributed by atoms with E-state index in [1.54, 1.807) is 12.1 Å². The van der Waals surface area contributed by atoms with E-state index in [0.717, 1.165) is 39.0 Å². The number of amides is 1. The van der Waals surface area contributed by atoms with Gasteiger partial charge in [-0.05, 0) is 25.0 Å². The molecule has 0 spiro atoms. The van der Waals surface area contributed by atoms with Crippen LogP contribution in [-0.2, 0) is 11.3 Å². The van der Waals surface area contributed by atoms with Crippen LogP contribution < -0.4 is 15.1 Å². The summed E-state index contributed by atoms with van der Waals surface area (Å²) in [4.78, 5) is 30.5. The second-order valence-corrected chi connectivity index (χ2v) is 6.69. The van der Waals surface area contributed by atoms with Gasteiger partial charge in [0.2, 0.25) is 11.9 Å². The van der Waals surface area contributed by atoms with Gasteiger partial charge in [-0.15, -0.1) is 0 Å². The monoisotopic (exact) mass is 368 g/mol. The summed E-state index contributed by atoms with van der Waals surface area (Å²) in [6.07, 6.45) is 2.30. The minimum atomic E-state index is -0.133. The Hall–Kier alpha value is -2.74. The lowest BCUT2D eigenvalue weighted by molar-refractivity contribution is 0.0950. The fourth-order valence-corrected chi connectivity index (χ4v) is 3.29. The number of rotatable bonds is 5. The molecule has 0 radical (unpaired) electrons. The van der Waals surface area contributed by atoms with Gasteiger partial charge in [0, 0.05) is 31.7 Å². The van der Waals surface area contributed by atoms with E-state index < -0.39 is 0 Å². The first-order chi connectivity index (χ1) is 13.3. The van der Waals surface area contributed by atoms with Crippen molar-refractivity contribution in [2.75, 3.05) is 49.2 Å². The van der Waals surface area contributed by atoms with Crippen molar-refractivity contribution in [3.05, 3.63) is 41.7 Å². The van der Waals surface area contributed by atoms with E-state index in [9.17, 15) is 4.79 Å². The zero-order chi connectivity index (χ0) is 18.5. The van der Waals surface area contributed by atoms with E-state index in [2.05, 4.69) is 30.1 Å². The van der Waals surface area contributed by atoms with Crippen LogP contribution in [-0.4, -0.2) is 60.3 Å². The van der Waals surface area contributed by atoms with E-state index in [1.807, 2.05) is 18.2 Å². The van der Waals surface area contributed by atoms with Crippen LogP contribution in [0.1, 0.15) is 29.0 Å². The molecule has 0 unspecified atom stereocenters. The number of hydrogen-bond acceptors (Lipinski definition) is 7. The summed E-state index contributed by atoms with van der Waals surface area (Å²) < 4.78 is 5.43. The fraction of sp³-hybridized carbons (Fsp3) is 0.474. The van der Waals surface area contributed by atoms with Gasteiger partial charge in [-0.1, -0.05) is 18.2 Å². The number of hydrogen-bond donors (Lipinski definition) is 1. The Kier molecular flexibility index (Phi) is 5.43. The highest BCUT2D eigenvalue weighted by molar-refractivity contribution is 5.94. The Bertz CT molecular complexity index is 773. The highest BCUT2D eigenvalue weighted by Crippen LogP contribution is 2.19. The number of ether oxygens (including phenoxy) is 1. The van der Waals surface area contributed by atoms with Crippen molar-refractivity contribution < 1.29 is 9.53 Å². The smallest absolute Gasteiger partial charge is 0.251 e. The normalized spacial score (nSPS) is 17.2. The quantitative estimate of drug-likeness (QED) is 0.850. The van der Waals surface area contributed by atoms with Crippen molar-refractivity contribution in [2.24, 2.45) is 0 Å². The first kappa shape index (κ1) is 17.7. The van der Waals surface area contributed by atoms with Crippen LogP contribution in [0.2, 0.25) is 0 Å². The summed E-state index contributed by atoms with van der Waals surface area (Å²) in [5, 5.41) is 2.91. The van der Waals surface area contributed by atoms with Crippen LogP contribution in [0, 0.1) is 0 Å². The Morgan fingerprint density at radius 1 is 0.926 bits per heavy atom. The van der Waals surface area contributed by atoms with Crippen molar-refractivity contribution in [3.63, 3.8) is 0 Å².